The van der Waals surface area contributed by atoms with Crippen molar-refractivity contribution in [1.82, 2.24) is 5.32 Å². The summed E-state index contributed by atoms with van der Waals surface area (Å²) >= 11 is 0. The summed E-state index contributed by atoms with van der Waals surface area (Å²) in [5.41, 5.74) is 3.27. The topological polar surface area (TPSA) is 15.3 Å². The van der Waals surface area contributed by atoms with Gasteiger partial charge in [0.15, 0.2) is 0 Å². The van der Waals surface area contributed by atoms with Gasteiger partial charge in [-0.15, -0.1) is 0 Å². The Labute approximate surface area is 110 Å². The van der Waals surface area contributed by atoms with E-state index in [0.717, 1.165) is 6.54 Å². The van der Waals surface area contributed by atoms with Crippen LogP contribution >= 0.6 is 0 Å². The van der Waals surface area contributed by atoms with Gasteiger partial charge in [0.2, 0.25) is 0 Å². The van der Waals surface area contributed by atoms with Crippen LogP contribution in [0.5, 0.6) is 0 Å². The summed E-state index contributed by atoms with van der Waals surface area (Å²) in [6.45, 7) is 7.07. The fourth-order valence-corrected chi connectivity index (χ4v) is 3.50. The second-order valence-corrected chi connectivity index (χ2v) is 6.25. The van der Waals surface area contributed by atoms with Crippen LogP contribution < -0.4 is 10.2 Å². The molecule has 2 aliphatic heterocycles. The molecule has 0 amide bonds. The summed E-state index contributed by atoms with van der Waals surface area (Å²) in [7, 11) is 0. The van der Waals surface area contributed by atoms with Crippen molar-refractivity contribution < 1.29 is 0 Å². The summed E-state index contributed by atoms with van der Waals surface area (Å²) in [5, 5.41) is 3.73. The van der Waals surface area contributed by atoms with Crippen LogP contribution in [-0.4, -0.2) is 24.7 Å². The van der Waals surface area contributed by atoms with Crippen LogP contribution in [0, 0.1) is 0 Å². The molecule has 2 heteroatoms. The van der Waals surface area contributed by atoms with Gasteiger partial charge in [-0.1, -0.05) is 24.6 Å². The summed E-state index contributed by atoms with van der Waals surface area (Å²) < 4.78 is 0. The highest BCUT2D eigenvalue weighted by atomic mass is 15.2. The highest BCUT2D eigenvalue weighted by Crippen LogP contribution is 2.34. The molecule has 0 aliphatic carbocycles. The predicted molar refractivity (Wildman–Crippen MR) is 77.2 cm³/mol. The third-order valence-electron chi connectivity index (χ3n) is 4.57. The van der Waals surface area contributed by atoms with Crippen molar-refractivity contribution in [3.05, 3.63) is 29.8 Å². The van der Waals surface area contributed by atoms with E-state index in [1.54, 1.807) is 0 Å². The first-order chi connectivity index (χ1) is 8.68. The molecule has 1 aromatic carbocycles. The van der Waals surface area contributed by atoms with Gasteiger partial charge >= 0.3 is 0 Å². The number of piperidine rings is 1. The molecule has 2 unspecified atom stereocenters. The number of hydrogen-bond acceptors (Lipinski definition) is 2. The van der Waals surface area contributed by atoms with E-state index in [4.69, 9.17) is 0 Å². The first kappa shape index (κ1) is 12.0. The Kier molecular flexibility index (Phi) is 3.06. The Bertz CT molecular complexity index is 421. The number of hydrogen-bond donors (Lipinski definition) is 1. The lowest BCUT2D eigenvalue weighted by Gasteiger charge is -2.40. The molecule has 1 fully saturated rings. The maximum absolute atomic E-state index is 3.73. The second-order valence-electron chi connectivity index (χ2n) is 6.25. The average molecular weight is 244 g/mol. The third-order valence-corrected chi connectivity index (χ3v) is 4.57. The molecule has 3 rings (SSSR count). The Balaban J connectivity index is 1.80. The lowest BCUT2D eigenvalue weighted by atomic mass is 9.90. The molecule has 1 N–H and O–H groups in total. The van der Waals surface area contributed by atoms with Crippen molar-refractivity contribution >= 4 is 5.69 Å². The summed E-state index contributed by atoms with van der Waals surface area (Å²) in [6, 6.07) is 9.53. The minimum absolute atomic E-state index is 0.296. The number of anilines is 1. The molecule has 1 aromatic rings. The van der Waals surface area contributed by atoms with Gasteiger partial charge in [0.1, 0.15) is 0 Å². The van der Waals surface area contributed by atoms with E-state index < -0.39 is 0 Å². The van der Waals surface area contributed by atoms with Gasteiger partial charge in [-0.3, -0.25) is 0 Å². The highest BCUT2D eigenvalue weighted by Gasteiger charge is 2.33. The predicted octanol–water partition coefficient (Wildman–Crippen LogP) is 2.97. The lowest BCUT2D eigenvalue weighted by Crippen LogP contribution is -2.54. The SMILES string of the molecule is CC1Cc2ccccc2N1CC1(C)CCCCN1. The molecule has 0 spiro atoms. The van der Waals surface area contributed by atoms with Gasteiger partial charge in [0.25, 0.3) is 0 Å². The van der Waals surface area contributed by atoms with Crippen molar-refractivity contribution in [2.75, 3.05) is 18.0 Å². The monoisotopic (exact) mass is 244 g/mol. The number of fused-ring (bicyclic) bond motifs is 1. The first-order valence-electron chi connectivity index (χ1n) is 7.28. The van der Waals surface area contributed by atoms with E-state index in [2.05, 4.69) is 48.3 Å². The molecule has 0 saturated carbocycles. The molecule has 2 aliphatic rings. The number of nitrogens with zero attached hydrogens (tertiary/aromatic N) is 1. The minimum atomic E-state index is 0.296. The number of rotatable bonds is 2. The van der Waals surface area contributed by atoms with Gasteiger partial charge < -0.3 is 10.2 Å². The summed E-state index contributed by atoms with van der Waals surface area (Å²) in [6.07, 6.45) is 5.21. The third kappa shape index (κ3) is 2.14. The molecule has 0 radical (unpaired) electrons. The van der Waals surface area contributed by atoms with E-state index >= 15 is 0 Å². The Morgan fingerprint density at radius 1 is 1.33 bits per heavy atom. The van der Waals surface area contributed by atoms with Crippen LogP contribution in [0.3, 0.4) is 0 Å². The van der Waals surface area contributed by atoms with E-state index in [-0.39, 0.29) is 0 Å². The van der Waals surface area contributed by atoms with Crippen molar-refractivity contribution in [1.29, 1.82) is 0 Å². The van der Waals surface area contributed by atoms with Crippen LogP contribution in [0.25, 0.3) is 0 Å². The minimum Gasteiger partial charge on any atom is -0.366 e. The quantitative estimate of drug-likeness (QED) is 0.860. The van der Waals surface area contributed by atoms with E-state index in [0.29, 0.717) is 11.6 Å². The Hall–Kier alpha value is -1.02. The van der Waals surface area contributed by atoms with Crippen molar-refractivity contribution in [2.45, 2.75) is 51.1 Å². The zero-order valence-electron chi connectivity index (χ0n) is 11.6. The maximum Gasteiger partial charge on any atom is 0.0402 e. The maximum atomic E-state index is 3.73. The normalized spacial score (nSPS) is 31.4. The molecule has 2 heterocycles. The fraction of sp³-hybridized carbons (Fsp3) is 0.625. The zero-order valence-corrected chi connectivity index (χ0v) is 11.6. The summed E-state index contributed by atoms with van der Waals surface area (Å²) in [4.78, 5) is 2.60. The number of benzene rings is 1. The smallest absolute Gasteiger partial charge is 0.0402 e. The molecular formula is C16H24N2. The van der Waals surface area contributed by atoms with E-state index in [9.17, 15) is 0 Å². The lowest BCUT2D eigenvalue weighted by molar-refractivity contribution is 0.277. The number of para-hydroxylation sites is 1. The molecule has 18 heavy (non-hydrogen) atoms. The number of nitrogens with one attached hydrogen (secondary N) is 1. The van der Waals surface area contributed by atoms with Crippen molar-refractivity contribution in [2.24, 2.45) is 0 Å². The molecule has 0 aromatic heterocycles. The Morgan fingerprint density at radius 2 is 2.17 bits per heavy atom. The fourth-order valence-electron chi connectivity index (χ4n) is 3.50. The second kappa shape index (κ2) is 4.58. The highest BCUT2D eigenvalue weighted by molar-refractivity contribution is 5.59. The van der Waals surface area contributed by atoms with Crippen LogP contribution in [0.1, 0.15) is 38.7 Å². The molecule has 1 saturated heterocycles. The standard InChI is InChI=1S/C16H24N2/c1-13-11-14-7-3-4-8-15(14)18(13)12-16(2)9-5-6-10-17-16/h3-4,7-8,13,17H,5-6,9-12H2,1-2H3. The largest absolute Gasteiger partial charge is 0.366 e. The van der Waals surface area contributed by atoms with Crippen molar-refractivity contribution in [3.8, 4) is 0 Å². The first-order valence-corrected chi connectivity index (χ1v) is 7.28. The van der Waals surface area contributed by atoms with Gasteiger partial charge in [0, 0.05) is 23.8 Å². The summed E-state index contributed by atoms with van der Waals surface area (Å²) in [5.74, 6) is 0. The van der Waals surface area contributed by atoms with E-state index in [1.165, 1.54) is 43.5 Å². The van der Waals surface area contributed by atoms with Gasteiger partial charge in [-0.25, -0.2) is 0 Å². The average Bonchev–Trinajstić information content (AvgIpc) is 2.67. The molecule has 0 bridgehead atoms. The van der Waals surface area contributed by atoms with E-state index in [1.807, 2.05) is 0 Å². The Morgan fingerprint density at radius 3 is 2.94 bits per heavy atom. The van der Waals surface area contributed by atoms with Gasteiger partial charge in [0.05, 0.1) is 0 Å². The molecule has 2 atom stereocenters. The molecular weight excluding hydrogens is 220 g/mol. The van der Waals surface area contributed by atoms with Gasteiger partial charge in [-0.2, -0.15) is 0 Å². The van der Waals surface area contributed by atoms with Crippen LogP contribution in [0.15, 0.2) is 24.3 Å². The van der Waals surface area contributed by atoms with Crippen LogP contribution in [-0.2, 0) is 6.42 Å². The van der Waals surface area contributed by atoms with Crippen LogP contribution in [0.2, 0.25) is 0 Å². The zero-order chi connectivity index (χ0) is 12.6. The van der Waals surface area contributed by atoms with Gasteiger partial charge in [-0.05, 0) is 51.3 Å². The van der Waals surface area contributed by atoms with Crippen molar-refractivity contribution in [3.63, 3.8) is 0 Å². The molecule has 2 nitrogen and oxygen atoms in total. The molecule has 98 valence electrons. The van der Waals surface area contributed by atoms with Crippen LogP contribution in [0.4, 0.5) is 5.69 Å².